The first kappa shape index (κ1) is 31.4. The van der Waals surface area contributed by atoms with E-state index in [1.807, 2.05) is 5.48 Å². The number of halogens is 12. The average Bonchev–Trinajstić information content (AvgIpc) is 2.84. The lowest BCUT2D eigenvalue weighted by Gasteiger charge is -2.16. The fraction of sp³-hybridized carbons (Fsp3) is 0.182. The first-order chi connectivity index (χ1) is 18.2. The Labute approximate surface area is 223 Å². The number of hydrogen-bond donors (Lipinski definition) is 2. The molecule has 0 amide bonds. The zero-order chi connectivity index (χ0) is 30.1. The van der Waals surface area contributed by atoms with E-state index in [-0.39, 0.29) is 35.6 Å². The highest BCUT2D eigenvalue weighted by Gasteiger charge is 2.38. The highest BCUT2D eigenvalue weighted by Crippen LogP contribution is 2.40. The average molecular weight is 628 g/mol. The van der Waals surface area contributed by atoms with Crippen molar-refractivity contribution in [1.82, 2.24) is 0 Å². The lowest BCUT2D eigenvalue weighted by atomic mass is 10.1. The van der Waals surface area contributed by atoms with Gasteiger partial charge in [-0.3, -0.25) is 0 Å². The van der Waals surface area contributed by atoms with Crippen molar-refractivity contribution in [2.24, 2.45) is 0 Å². The van der Waals surface area contributed by atoms with Crippen molar-refractivity contribution in [2.45, 2.75) is 34.5 Å². The van der Waals surface area contributed by atoms with E-state index >= 15 is 0 Å². The number of anilines is 2. The minimum Gasteiger partial charge on any atom is -0.324 e. The highest BCUT2D eigenvalue weighted by atomic mass is 32.2. The lowest BCUT2D eigenvalue weighted by Crippen LogP contribution is -2.13. The van der Waals surface area contributed by atoms with Gasteiger partial charge in [-0.25, -0.2) is 9.69 Å². The molecule has 0 spiro atoms. The van der Waals surface area contributed by atoms with Crippen molar-refractivity contribution in [3.05, 3.63) is 82.9 Å². The molecule has 1 atom stereocenters. The van der Waals surface area contributed by atoms with Crippen LogP contribution in [-0.2, 0) is 40.1 Å². The van der Waals surface area contributed by atoms with E-state index in [0.29, 0.717) is 24.1 Å². The quantitative estimate of drug-likeness (QED) is 0.156. The number of para-hydroxylation sites is 2. The fourth-order valence-electron chi connectivity index (χ4n) is 2.91. The topological polar surface area (TPSA) is 50.4 Å². The summed E-state index contributed by atoms with van der Waals surface area (Å²) in [7, 11) is 0. The summed E-state index contributed by atoms with van der Waals surface area (Å²) in [6.07, 6.45) is -20.6. The highest BCUT2D eigenvalue weighted by molar-refractivity contribution is 8.00. The van der Waals surface area contributed by atoms with Gasteiger partial charge in [0.15, 0.2) is 0 Å². The Morgan fingerprint density at radius 1 is 0.600 bits per heavy atom. The summed E-state index contributed by atoms with van der Waals surface area (Å²) in [6.45, 7) is 0. The first-order valence-electron chi connectivity index (χ1n) is 10.2. The molecule has 0 aliphatic heterocycles. The largest absolute Gasteiger partial charge is 0.416 e. The van der Waals surface area contributed by atoms with Crippen molar-refractivity contribution in [3.8, 4) is 0 Å². The normalized spacial score (nSPS) is 13.7. The van der Waals surface area contributed by atoms with Crippen LogP contribution in [0.1, 0.15) is 22.3 Å². The smallest absolute Gasteiger partial charge is 0.324 e. The van der Waals surface area contributed by atoms with Crippen LogP contribution in [0.4, 0.5) is 64.1 Å². The number of benzene rings is 3. The maximum atomic E-state index is 13.1. The zero-order valence-corrected chi connectivity index (χ0v) is 20.6. The van der Waals surface area contributed by atoms with E-state index in [1.165, 1.54) is 24.3 Å². The van der Waals surface area contributed by atoms with Crippen LogP contribution in [0.15, 0.2) is 70.5 Å². The molecule has 2 N–H and O–H groups in total. The van der Waals surface area contributed by atoms with Crippen LogP contribution < -0.4 is 10.2 Å². The molecule has 0 aliphatic carbocycles. The molecule has 0 aliphatic rings. The molecule has 3 rings (SSSR count). The number of hydrogen-bond acceptors (Lipinski definition) is 5. The Balaban J connectivity index is 1.82. The molecule has 3 aromatic carbocycles. The molecule has 0 aromatic heterocycles. The molecule has 1 unspecified atom stereocenters. The van der Waals surface area contributed by atoms with Crippen LogP contribution in [0.3, 0.4) is 0 Å². The van der Waals surface area contributed by atoms with Gasteiger partial charge in [-0.1, -0.05) is 12.1 Å². The van der Waals surface area contributed by atoms with Gasteiger partial charge >= 0.3 is 24.7 Å². The Hall–Kier alpha value is -3.12. The van der Waals surface area contributed by atoms with Crippen molar-refractivity contribution in [3.63, 3.8) is 0 Å². The van der Waals surface area contributed by atoms with Crippen LogP contribution in [-0.4, -0.2) is 4.21 Å². The van der Waals surface area contributed by atoms with Crippen LogP contribution in [0.25, 0.3) is 0 Å². The molecular formula is C22H12F12N2O2S2. The third-order valence-electron chi connectivity index (χ3n) is 4.75. The number of alkyl halides is 12. The third kappa shape index (κ3) is 8.20. The third-order valence-corrected chi connectivity index (χ3v) is 6.40. The Kier molecular flexibility index (Phi) is 8.95. The SMILES string of the molecule is O=S(ONc1ccccc1NSc1cc(C(F)(F)F)cc(C(F)(F)F)c1)c1cc(C(F)(F)F)cc(C(F)(F)F)c1. The van der Waals surface area contributed by atoms with E-state index in [2.05, 4.69) is 4.72 Å². The summed E-state index contributed by atoms with van der Waals surface area (Å²) in [5, 5.41) is 0. The van der Waals surface area contributed by atoms with Crippen molar-refractivity contribution < 1.29 is 61.2 Å². The van der Waals surface area contributed by atoms with Gasteiger partial charge in [0.1, 0.15) is 0 Å². The maximum absolute atomic E-state index is 13.1. The zero-order valence-electron chi connectivity index (χ0n) is 18.9. The minimum atomic E-state index is -5.21. The van der Waals surface area contributed by atoms with Gasteiger partial charge in [0, 0.05) is 4.90 Å². The van der Waals surface area contributed by atoms with Crippen molar-refractivity contribution >= 4 is 34.4 Å². The first-order valence-corrected chi connectivity index (χ1v) is 12.1. The van der Waals surface area contributed by atoms with E-state index in [4.69, 9.17) is 4.28 Å². The van der Waals surface area contributed by atoms with E-state index in [1.54, 1.807) is 0 Å². The van der Waals surface area contributed by atoms with Crippen LogP contribution in [0, 0.1) is 0 Å². The Bertz CT molecular complexity index is 1320. The van der Waals surface area contributed by atoms with E-state index in [9.17, 15) is 56.9 Å². The van der Waals surface area contributed by atoms with Crippen molar-refractivity contribution in [2.75, 3.05) is 10.2 Å². The van der Waals surface area contributed by atoms with Crippen LogP contribution in [0.2, 0.25) is 0 Å². The molecule has 0 fully saturated rings. The predicted octanol–water partition coefficient (Wildman–Crippen LogP) is 8.95. The fourth-order valence-corrected chi connectivity index (χ4v) is 4.40. The van der Waals surface area contributed by atoms with Gasteiger partial charge in [0.2, 0.25) is 11.1 Å². The van der Waals surface area contributed by atoms with E-state index < -0.39 is 67.8 Å². The summed E-state index contributed by atoms with van der Waals surface area (Å²) in [6, 6.07) is 6.14. The monoisotopic (exact) mass is 628 g/mol. The standard InChI is InChI=1S/C22H12F12N2O2S2/c23-19(24,25)11-5-12(20(26,27)28)8-15(7-11)39-36-18-4-2-1-3-17(18)35-38-40(37)16-9-13(21(29,30)31)6-14(10-16)22(32,33)34/h1-10,35-36H. The summed E-state index contributed by atoms with van der Waals surface area (Å²) >= 11 is -2.63. The van der Waals surface area contributed by atoms with Gasteiger partial charge < -0.3 is 4.72 Å². The summed E-state index contributed by atoms with van der Waals surface area (Å²) in [5.74, 6) is 0. The van der Waals surface area contributed by atoms with Gasteiger partial charge in [-0.2, -0.15) is 57.0 Å². The number of nitrogens with one attached hydrogen (secondary N) is 2. The molecule has 3 aromatic rings. The van der Waals surface area contributed by atoms with Gasteiger partial charge in [-0.15, -0.1) is 0 Å². The Morgan fingerprint density at radius 2 is 1.00 bits per heavy atom. The predicted molar refractivity (Wildman–Crippen MR) is 120 cm³/mol. The van der Waals surface area contributed by atoms with E-state index in [0.717, 1.165) is 0 Å². The Morgan fingerprint density at radius 3 is 1.43 bits per heavy atom. The van der Waals surface area contributed by atoms with Crippen LogP contribution in [0.5, 0.6) is 0 Å². The van der Waals surface area contributed by atoms with Gasteiger partial charge in [0.25, 0.3) is 0 Å². The molecule has 0 saturated carbocycles. The minimum absolute atomic E-state index is 0.0688. The molecule has 0 bridgehead atoms. The molecule has 40 heavy (non-hydrogen) atoms. The maximum Gasteiger partial charge on any atom is 0.416 e. The number of rotatable bonds is 7. The second-order valence-electron chi connectivity index (χ2n) is 7.65. The molecule has 0 saturated heterocycles. The second-order valence-corrected chi connectivity index (χ2v) is 9.64. The molecular weight excluding hydrogens is 616 g/mol. The molecule has 18 heteroatoms. The molecule has 0 radical (unpaired) electrons. The summed E-state index contributed by atoms with van der Waals surface area (Å²) in [5.41, 5.74) is -4.84. The van der Waals surface area contributed by atoms with Gasteiger partial charge in [-0.05, 0) is 60.5 Å². The molecule has 218 valence electrons. The lowest BCUT2D eigenvalue weighted by molar-refractivity contribution is -0.145. The van der Waals surface area contributed by atoms with Gasteiger partial charge in [0.05, 0.1) is 38.5 Å². The molecule has 4 nitrogen and oxygen atoms in total. The summed E-state index contributed by atoms with van der Waals surface area (Å²) in [4.78, 5) is -1.51. The second kappa shape index (κ2) is 11.4. The van der Waals surface area contributed by atoms with Crippen LogP contribution >= 0.6 is 11.9 Å². The summed E-state index contributed by atoms with van der Waals surface area (Å²) < 4.78 is 176. The molecule has 0 heterocycles. The van der Waals surface area contributed by atoms with Crippen molar-refractivity contribution in [1.29, 1.82) is 0 Å².